The molecule has 1 amide bonds. The topological polar surface area (TPSA) is 69.8 Å². The van der Waals surface area contributed by atoms with Gasteiger partial charge in [-0.25, -0.2) is 0 Å². The summed E-state index contributed by atoms with van der Waals surface area (Å²) in [6, 6.07) is -0.0862. The molecule has 7 heteroatoms. The highest BCUT2D eigenvalue weighted by atomic mass is 35.5. The fraction of sp³-hybridized carbons (Fsp3) is 0.917. The van der Waals surface area contributed by atoms with E-state index >= 15 is 0 Å². The molecular formula is C12H27Cl2N3O2. The number of β-amino-alcohol motifs (C(OH)–C–C–N with tert-alkyl or cyclic N) is 1. The van der Waals surface area contributed by atoms with Crippen molar-refractivity contribution in [3.05, 3.63) is 0 Å². The summed E-state index contributed by atoms with van der Waals surface area (Å²) in [5, 5.41) is 9.38. The average Bonchev–Trinajstić information content (AvgIpc) is 2.29. The van der Waals surface area contributed by atoms with Gasteiger partial charge in [0.05, 0.1) is 12.1 Å². The van der Waals surface area contributed by atoms with E-state index in [1.165, 1.54) is 0 Å². The van der Waals surface area contributed by atoms with E-state index in [1.807, 2.05) is 11.8 Å². The van der Waals surface area contributed by atoms with Crippen LogP contribution < -0.4 is 5.73 Å². The number of nitrogens with zero attached hydrogens (tertiary/aromatic N) is 2. The van der Waals surface area contributed by atoms with Crippen LogP contribution in [0.4, 0.5) is 0 Å². The lowest BCUT2D eigenvalue weighted by atomic mass is 10.1. The molecule has 116 valence electrons. The number of carbonyl (C=O) groups excluding carboxylic acids is 1. The minimum absolute atomic E-state index is 0. The minimum atomic E-state index is -0.370. The van der Waals surface area contributed by atoms with Crippen molar-refractivity contribution in [3.8, 4) is 0 Å². The summed E-state index contributed by atoms with van der Waals surface area (Å²) >= 11 is 0. The minimum Gasteiger partial charge on any atom is -0.392 e. The lowest BCUT2D eigenvalue weighted by Crippen LogP contribution is -2.57. The predicted octanol–water partition coefficient (Wildman–Crippen LogP) is 0.481. The molecule has 3 atom stereocenters. The van der Waals surface area contributed by atoms with E-state index in [2.05, 4.69) is 11.8 Å². The molecule has 0 saturated carbocycles. The molecule has 0 aliphatic carbocycles. The molecule has 1 aliphatic heterocycles. The zero-order valence-corrected chi connectivity index (χ0v) is 13.5. The van der Waals surface area contributed by atoms with Crippen LogP contribution in [0.1, 0.15) is 27.2 Å². The maximum Gasteiger partial charge on any atom is 0.239 e. The van der Waals surface area contributed by atoms with Gasteiger partial charge in [-0.1, -0.05) is 6.92 Å². The Kier molecular flexibility index (Phi) is 10.9. The normalized spacial score (nSPS) is 23.0. The van der Waals surface area contributed by atoms with E-state index in [1.54, 1.807) is 6.92 Å². The van der Waals surface area contributed by atoms with Gasteiger partial charge in [-0.2, -0.15) is 0 Å². The molecule has 0 aromatic rings. The molecule has 0 bridgehead atoms. The van der Waals surface area contributed by atoms with Crippen molar-refractivity contribution < 1.29 is 9.90 Å². The fourth-order valence-electron chi connectivity index (χ4n) is 2.22. The number of piperazine rings is 1. The highest BCUT2D eigenvalue weighted by Gasteiger charge is 2.28. The molecule has 5 nitrogen and oxygen atoms in total. The van der Waals surface area contributed by atoms with Crippen molar-refractivity contribution in [1.82, 2.24) is 9.80 Å². The average molecular weight is 316 g/mol. The Morgan fingerprint density at radius 3 is 2.42 bits per heavy atom. The van der Waals surface area contributed by atoms with Gasteiger partial charge >= 0.3 is 0 Å². The van der Waals surface area contributed by atoms with Gasteiger partial charge in [0.2, 0.25) is 5.91 Å². The highest BCUT2D eigenvalue weighted by molar-refractivity contribution is 5.85. The van der Waals surface area contributed by atoms with Crippen molar-refractivity contribution in [2.24, 2.45) is 5.73 Å². The molecule has 2 unspecified atom stereocenters. The summed E-state index contributed by atoms with van der Waals surface area (Å²) < 4.78 is 0. The number of carbonyl (C=O) groups is 1. The molecular weight excluding hydrogens is 289 g/mol. The highest BCUT2D eigenvalue weighted by Crippen LogP contribution is 2.11. The van der Waals surface area contributed by atoms with Gasteiger partial charge in [-0.05, 0) is 20.3 Å². The molecule has 1 saturated heterocycles. The summed E-state index contributed by atoms with van der Waals surface area (Å²) in [5.74, 6) is 0.0519. The van der Waals surface area contributed by atoms with Crippen LogP contribution in [0.2, 0.25) is 0 Å². The Balaban J connectivity index is 0. The number of aliphatic hydroxyl groups is 1. The molecule has 0 radical (unpaired) electrons. The van der Waals surface area contributed by atoms with Gasteiger partial charge in [-0.15, -0.1) is 24.8 Å². The second kappa shape index (κ2) is 9.77. The first-order valence-electron chi connectivity index (χ1n) is 6.42. The number of hydrogen-bond donors (Lipinski definition) is 2. The van der Waals surface area contributed by atoms with Crippen LogP contribution in [0.5, 0.6) is 0 Å². The van der Waals surface area contributed by atoms with Crippen molar-refractivity contribution >= 4 is 30.7 Å². The molecule has 1 rings (SSSR count). The summed E-state index contributed by atoms with van der Waals surface area (Å²) in [6.07, 6.45) is 0.360. The number of nitrogens with two attached hydrogens (primary N) is 1. The lowest BCUT2D eigenvalue weighted by Gasteiger charge is -2.41. The van der Waals surface area contributed by atoms with Crippen LogP contribution in [-0.4, -0.2) is 65.2 Å². The fourth-order valence-corrected chi connectivity index (χ4v) is 2.22. The second-order valence-corrected chi connectivity index (χ2v) is 4.99. The van der Waals surface area contributed by atoms with Gasteiger partial charge in [0.25, 0.3) is 0 Å². The SMILES string of the molecule is CC[C@H](N)C(=O)N1CCN(CC(C)O)C(C)C1.Cl.Cl. The number of rotatable bonds is 4. The molecule has 1 aliphatic rings. The van der Waals surface area contributed by atoms with E-state index in [4.69, 9.17) is 5.73 Å². The Morgan fingerprint density at radius 1 is 1.42 bits per heavy atom. The van der Waals surface area contributed by atoms with Crippen LogP contribution in [0.15, 0.2) is 0 Å². The van der Waals surface area contributed by atoms with E-state index in [9.17, 15) is 9.90 Å². The van der Waals surface area contributed by atoms with Gasteiger partial charge in [0.1, 0.15) is 0 Å². The third kappa shape index (κ3) is 6.27. The summed E-state index contributed by atoms with van der Waals surface area (Å²) in [7, 11) is 0. The zero-order valence-electron chi connectivity index (χ0n) is 11.9. The first kappa shape index (κ1) is 21.2. The van der Waals surface area contributed by atoms with Crippen LogP contribution in [0.3, 0.4) is 0 Å². The maximum atomic E-state index is 11.9. The molecule has 1 fully saturated rings. The first-order chi connectivity index (χ1) is 7.95. The standard InChI is InChI=1S/C12H25N3O2.2ClH/c1-4-11(13)12(17)15-6-5-14(8-10(3)16)9(2)7-15;;/h9-11,16H,4-8,13H2,1-3H3;2*1H/t9?,10?,11-;;/m0../s1. The predicted molar refractivity (Wildman–Crippen MR) is 82.1 cm³/mol. The van der Waals surface area contributed by atoms with Crippen LogP contribution in [0, 0.1) is 0 Å². The lowest BCUT2D eigenvalue weighted by molar-refractivity contribution is -0.135. The number of aliphatic hydroxyl groups excluding tert-OH is 1. The monoisotopic (exact) mass is 315 g/mol. The zero-order chi connectivity index (χ0) is 13.0. The van der Waals surface area contributed by atoms with E-state index in [0.717, 1.165) is 6.54 Å². The van der Waals surface area contributed by atoms with E-state index in [-0.39, 0.29) is 48.9 Å². The largest absolute Gasteiger partial charge is 0.392 e. The van der Waals surface area contributed by atoms with Crippen molar-refractivity contribution in [2.45, 2.75) is 45.4 Å². The molecule has 3 N–H and O–H groups in total. The number of amides is 1. The van der Waals surface area contributed by atoms with Crippen LogP contribution in [-0.2, 0) is 4.79 Å². The van der Waals surface area contributed by atoms with Gasteiger partial charge in [0, 0.05) is 32.2 Å². The molecule has 1 heterocycles. The summed E-state index contributed by atoms with van der Waals surface area (Å²) in [4.78, 5) is 16.0. The Bertz CT molecular complexity index is 267. The van der Waals surface area contributed by atoms with Crippen molar-refractivity contribution in [2.75, 3.05) is 26.2 Å². The van der Waals surface area contributed by atoms with Gasteiger partial charge < -0.3 is 15.7 Å². The Labute approximate surface area is 128 Å². The molecule has 19 heavy (non-hydrogen) atoms. The van der Waals surface area contributed by atoms with E-state index in [0.29, 0.717) is 26.1 Å². The molecule has 0 spiro atoms. The maximum absolute atomic E-state index is 11.9. The van der Waals surface area contributed by atoms with E-state index < -0.39 is 0 Å². The molecule has 0 aromatic carbocycles. The smallest absolute Gasteiger partial charge is 0.239 e. The summed E-state index contributed by atoms with van der Waals surface area (Å²) in [5.41, 5.74) is 5.76. The molecule has 0 aromatic heterocycles. The number of halogens is 2. The number of hydrogen-bond acceptors (Lipinski definition) is 4. The second-order valence-electron chi connectivity index (χ2n) is 4.99. The summed E-state index contributed by atoms with van der Waals surface area (Å²) in [6.45, 7) is 8.70. The van der Waals surface area contributed by atoms with Crippen LogP contribution >= 0.6 is 24.8 Å². The van der Waals surface area contributed by atoms with Crippen molar-refractivity contribution in [3.63, 3.8) is 0 Å². The third-order valence-corrected chi connectivity index (χ3v) is 3.33. The first-order valence-corrected chi connectivity index (χ1v) is 6.42. The van der Waals surface area contributed by atoms with Crippen molar-refractivity contribution in [1.29, 1.82) is 0 Å². The van der Waals surface area contributed by atoms with Gasteiger partial charge in [0.15, 0.2) is 0 Å². The Hall–Kier alpha value is -0.0700. The van der Waals surface area contributed by atoms with Crippen LogP contribution in [0.25, 0.3) is 0 Å². The van der Waals surface area contributed by atoms with Gasteiger partial charge in [-0.3, -0.25) is 9.69 Å². The third-order valence-electron chi connectivity index (χ3n) is 3.33. The Morgan fingerprint density at radius 2 is 2.00 bits per heavy atom. The quantitative estimate of drug-likeness (QED) is 0.791.